The lowest BCUT2D eigenvalue weighted by Gasteiger charge is -2.34. The largest absolute Gasteiger partial charge is 0.490 e. The van der Waals surface area contributed by atoms with Gasteiger partial charge >= 0.3 is 0 Å². The average molecular weight is 402 g/mol. The lowest BCUT2D eigenvalue weighted by molar-refractivity contribution is 0.170. The predicted octanol–water partition coefficient (Wildman–Crippen LogP) is 3.08. The fourth-order valence-corrected chi connectivity index (χ4v) is 3.82. The molecule has 4 rings (SSSR count). The maximum atomic E-state index is 9.35. The van der Waals surface area contributed by atoms with Gasteiger partial charge in [-0.25, -0.2) is 15.0 Å². The van der Waals surface area contributed by atoms with Crippen LogP contribution in [0.2, 0.25) is 5.15 Å². The Labute approximate surface area is 169 Å². The number of halogens is 1. The molecule has 0 aliphatic carbocycles. The van der Waals surface area contributed by atoms with Crippen molar-refractivity contribution in [2.24, 2.45) is 4.99 Å². The van der Waals surface area contributed by atoms with Gasteiger partial charge in [0.1, 0.15) is 29.4 Å². The molecule has 0 spiro atoms. The molecule has 0 saturated carbocycles. The fourth-order valence-electron chi connectivity index (χ4n) is 3.64. The molecule has 1 fully saturated rings. The van der Waals surface area contributed by atoms with E-state index in [0.717, 1.165) is 55.3 Å². The number of anilines is 1. The van der Waals surface area contributed by atoms with Gasteiger partial charge in [-0.15, -0.1) is 0 Å². The quantitative estimate of drug-likeness (QED) is 0.793. The molecule has 2 aliphatic rings. The van der Waals surface area contributed by atoms with Crippen molar-refractivity contribution in [1.82, 2.24) is 14.9 Å². The van der Waals surface area contributed by atoms with Crippen LogP contribution in [0.25, 0.3) is 0 Å². The van der Waals surface area contributed by atoms with Gasteiger partial charge < -0.3 is 19.6 Å². The van der Waals surface area contributed by atoms with E-state index in [1.165, 1.54) is 5.56 Å². The van der Waals surface area contributed by atoms with Crippen LogP contribution in [0.1, 0.15) is 29.8 Å². The van der Waals surface area contributed by atoms with Crippen molar-refractivity contribution in [3.05, 3.63) is 40.3 Å². The topological polar surface area (TPSA) is 74.1 Å². The molecular weight excluding hydrogens is 378 g/mol. The summed E-state index contributed by atoms with van der Waals surface area (Å²) in [6, 6.07) is 6.11. The molecule has 0 atom stereocenters. The molecule has 1 saturated heterocycles. The lowest BCUT2D eigenvalue weighted by atomic mass is 10.1. The van der Waals surface area contributed by atoms with Crippen LogP contribution in [0.4, 0.5) is 11.5 Å². The van der Waals surface area contributed by atoms with Gasteiger partial charge in [0, 0.05) is 50.7 Å². The zero-order valence-corrected chi connectivity index (χ0v) is 16.9. The molecule has 2 aliphatic heterocycles. The standard InChI is InChI=1S/C20H24ClN5O2/c1-13-19(21)23-18(11-27)24-20(13)26-7-5-15(6-8-26)28-16-3-4-17-14(9-16)10-25(2)12-22-17/h3-4,9,12,15,27H,5-8,10-11H2,1-2H3. The van der Waals surface area contributed by atoms with Crippen LogP contribution in [-0.2, 0) is 13.2 Å². The molecule has 0 radical (unpaired) electrons. The van der Waals surface area contributed by atoms with E-state index in [0.29, 0.717) is 11.0 Å². The predicted molar refractivity (Wildman–Crippen MR) is 110 cm³/mol. The highest BCUT2D eigenvalue weighted by Gasteiger charge is 2.24. The molecule has 0 unspecified atom stereocenters. The number of piperidine rings is 1. The van der Waals surface area contributed by atoms with Gasteiger partial charge in [0.15, 0.2) is 5.82 Å². The van der Waals surface area contributed by atoms with Crippen LogP contribution < -0.4 is 9.64 Å². The maximum absolute atomic E-state index is 9.35. The lowest BCUT2D eigenvalue weighted by Crippen LogP contribution is -2.39. The summed E-state index contributed by atoms with van der Waals surface area (Å²) in [5.74, 6) is 2.05. The molecular formula is C20H24ClN5O2. The molecule has 3 heterocycles. The third-order valence-electron chi connectivity index (χ3n) is 5.16. The van der Waals surface area contributed by atoms with Gasteiger partial charge in [0.2, 0.25) is 0 Å². The minimum absolute atomic E-state index is 0.161. The van der Waals surface area contributed by atoms with Gasteiger partial charge in [-0.3, -0.25) is 0 Å². The Bertz CT molecular complexity index is 896. The first-order valence-electron chi connectivity index (χ1n) is 9.46. The van der Waals surface area contributed by atoms with E-state index in [9.17, 15) is 5.11 Å². The number of rotatable bonds is 4. The van der Waals surface area contributed by atoms with Crippen LogP contribution in [0.15, 0.2) is 23.2 Å². The van der Waals surface area contributed by atoms with E-state index in [4.69, 9.17) is 16.3 Å². The van der Waals surface area contributed by atoms with Crippen LogP contribution in [0, 0.1) is 6.92 Å². The zero-order valence-electron chi connectivity index (χ0n) is 16.1. The summed E-state index contributed by atoms with van der Waals surface area (Å²) >= 11 is 6.19. The highest BCUT2D eigenvalue weighted by atomic mass is 35.5. The van der Waals surface area contributed by atoms with E-state index < -0.39 is 0 Å². The van der Waals surface area contributed by atoms with E-state index >= 15 is 0 Å². The Hall–Kier alpha value is -2.38. The number of aliphatic hydroxyl groups is 1. The number of hydrogen-bond acceptors (Lipinski definition) is 7. The van der Waals surface area contributed by atoms with Crippen LogP contribution in [0.5, 0.6) is 5.75 Å². The number of fused-ring (bicyclic) bond motifs is 1. The SMILES string of the molecule is Cc1c(Cl)nc(CO)nc1N1CCC(Oc2ccc3c(c2)CN(C)C=N3)CC1. The van der Waals surface area contributed by atoms with Crippen molar-refractivity contribution in [2.75, 3.05) is 25.0 Å². The van der Waals surface area contributed by atoms with Gasteiger partial charge in [-0.05, 0) is 25.1 Å². The van der Waals surface area contributed by atoms with E-state index in [2.05, 4.69) is 30.8 Å². The normalized spacial score (nSPS) is 17.0. The minimum Gasteiger partial charge on any atom is -0.490 e. The number of ether oxygens (including phenoxy) is 1. The monoisotopic (exact) mass is 401 g/mol. The summed E-state index contributed by atoms with van der Waals surface area (Å²) in [5.41, 5.74) is 3.04. The molecule has 1 aromatic carbocycles. The molecule has 2 aromatic rings. The Morgan fingerprint density at radius 2 is 2.04 bits per heavy atom. The van der Waals surface area contributed by atoms with Gasteiger partial charge in [0.05, 0.1) is 12.0 Å². The third kappa shape index (κ3) is 3.91. The number of aliphatic imine (C=N–C) groups is 1. The summed E-state index contributed by atoms with van der Waals surface area (Å²) in [6.07, 6.45) is 3.80. The third-order valence-corrected chi connectivity index (χ3v) is 5.53. The number of nitrogens with zero attached hydrogens (tertiary/aromatic N) is 5. The fraction of sp³-hybridized carbons (Fsp3) is 0.450. The van der Waals surface area contributed by atoms with Crippen LogP contribution >= 0.6 is 11.6 Å². The number of benzene rings is 1. The van der Waals surface area contributed by atoms with Crippen LogP contribution in [-0.4, -0.2) is 52.6 Å². The summed E-state index contributed by atoms with van der Waals surface area (Å²) < 4.78 is 6.24. The molecule has 1 aromatic heterocycles. The molecule has 7 nitrogen and oxygen atoms in total. The summed E-state index contributed by atoms with van der Waals surface area (Å²) in [5, 5.41) is 9.75. The van der Waals surface area contributed by atoms with Gasteiger partial charge in [-0.1, -0.05) is 11.6 Å². The second-order valence-electron chi connectivity index (χ2n) is 7.29. The van der Waals surface area contributed by atoms with E-state index in [1.807, 2.05) is 32.4 Å². The molecule has 1 N–H and O–H groups in total. The molecule has 28 heavy (non-hydrogen) atoms. The zero-order chi connectivity index (χ0) is 19.7. The minimum atomic E-state index is -0.218. The first kappa shape index (κ1) is 19.0. The Kier molecular flexibility index (Phi) is 5.37. The average Bonchev–Trinajstić information content (AvgIpc) is 2.70. The number of aromatic nitrogens is 2. The highest BCUT2D eigenvalue weighted by molar-refractivity contribution is 6.30. The van der Waals surface area contributed by atoms with E-state index in [1.54, 1.807) is 0 Å². The van der Waals surface area contributed by atoms with Crippen molar-refractivity contribution < 1.29 is 9.84 Å². The van der Waals surface area contributed by atoms with Crippen molar-refractivity contribution in [3.63, 3.8) is 0 Å². The maximum Gasteiger partial charge on any atom is 0.157 e. The molecule has 8 heteroatoms. The van der Waals surface area contributed by atoms with E-state index in [-0.39, 0.29) is 12.7 Å². The Morgan fingerprint density at radius 1 is 1.25 bits per heavy atom. The van der Waals surface area contributed by atoms with Crippen molar-refractivity contribution >= 4 is 29.4 Å². The highest BCUT2D eigenvalue weighted by Crippen LogP contribution is 2.31. The molecule has 0 bridgehead atoms. The molecule has 0 amide bonds. The Morgan fingerprint density at radius 3 is 2.79 bits per heavy atom. The number of aliphatic hydroxyl groups excluding tert-OH is 1. The van der Waals surface area contributed by atoms with Gasteiger partial charge in [-0.2, -0.15) is 0 Å². The first-order chi connectivity index (χ1) is 13.5. The van der Waals surface area contributed by atoms with Crippen molar-refractivity contribution in [1.29, 1.82) is 0 Å². The second kappa shape index (κ2) is 7.93. The first-order valence-corrected chi connectivity index (χ1v) is 9.84. The smallest absolute Gasteiger partial charge is 0.157 e. The van der Waals surface area contributed by atoms with Crippen LogP contribution in [0.3, 0.4) is 0 Å². The number of hydrogen-bond donors (Lipinski definition) is 1. The second-order valence-corrected chi connectivity index (χ2v) is 7.65. The van der Waals surface area contributed by atoms with Gasteiger partial charge in [0.25, 0.3) is 0 Å². The summed E-state index contributed by atoms with van der Waals surface area (Å²) in [4.78, 5) is 17.2. The molecule has 148 valence electrons. The van der Waals surface area contributed by atoms with Crippen molar-refractivity contribution in [2.45, 2.75) is 39.0 Å². The Balaban J connectivity index is 1.41. The summed E-state index contributed by atoms with van der Waals surface area (Å²) in [7, 11) is 2.01. The summed E-state index contributed by atoms with van der Waals surface area (Å²) in [6.45, 7) is 4.18. The van der Waals surface area contributed by atoms with Crippen molar-refractivity contribution in [3.8, 4) is 5.75 Å².